The molecule has 2 aliphatic rings. The Morgan fingerprint density at radius 1 is 1.14 bits per heavy atom. The van der Waals surface area contributed by atoms with Crippen LogP contribution in [0.1, 0.15) is 18.4 Å². The van der Waals surface area contributed by atoms with E-state index >= 15 is 0 Å². The van der Waals surface area contributed by atoms with E-state index in [1.807, 2.05) is 4.90 Å². The van der Waals surface area contributed by atoms with Crippen LogP contribution in [0.3, 0.4) is 0 Å². The summed E-state index contributed by atoms with van der Waals surface area (Å²) in [6.07, 6.45) is -1.43. The van der Waals surface area contributed by atoms with Crippen LogP contribution in [0, 0.1) is 5.41 Å². The Kier molecular flexibility index (Phi) is 3.76. The van der Waals surface area contributed by atoms with Crippen molar-refractivity contribution in [3.63, 3.8) is 0 Å². The molecule has 2 aromatic heterocycles. The number of aliphatic hydroxyl groups is 1. The first kappa shape index (κ1) is 18.1. The number of halogens is 3. The highest BCUT2D eigenvalue weighted by atomic mass is 19.4. The van der Waals surface area contributed by atoms with Crippen molar-refractivity contribution in [3.05, 3.63) is 42.1 Å². The molecule has 1 aliphatic carbocycles. The number of hydrogen-bond acceptors (Lipinski definition) is 6. The summed E-state index contributed by atoms with van der Waals surface area (Å²) in [4.78, 5) is 6.36. The van der Waals surface area contributed by atoms with E-state index < -0.39 is 23.6 Å². The molecule has 2 N–H and O–H groups in total. The number of rotatable bonds is 2. The lowest BCUT2D eigenvalue weighted by molar-refractivity contribution is -0.137. The molecule has 3 heterocycles. The zero-order valence-electron chi connectivity index (χ0n) is 15.2. The van der Waals surface area contributed by atoms with Gasteiger partial charge >= 0.3 is 6.18 Å². The number of anilines is 1. The molecule has 5 rings (SSSR count). The Hall–Kier alpha value is -2.94. The largest absolute Gasteiger partial charge is 0.507 e. The summed E-state index contributed by atoms with van der Waals surface area (Å²) in [6, 6.07) is 6.21. The smallest absolute Gasteiger partial charge is 0.416 e. The molecule has 1 saturated heterocycles. The van der Waals surface area contributed by atoms with Gasteiger partial charge in [-0.2, -0.15) is 13.2 Å². The van der Waals surface area contributed by atoms with Crippen LogP contribution in [-0.2, 0) is 6.18 Å². The second kappa shape index (κ2) is 6.03. The van der Waals surface area contributed by atoms with Gasteiger partial charge in [-0.1, -0.05) is 0 Å². The zero-order valence-corrected chi connectivity index (χ0v) is 15.2. The standard InChI is InChI=1S/C20H17F3N4O2/c21-20(22,23)11-3-4-12(14(28)8-11)16-13-2-1-7-24-17(13)18(26-25-16)27-9-15(29)19(10-27)5-6-19/h1-4,7-8,15,28-29H,5-6,9-10H2/t15-/m0/s1. The summed E-state index contributed by atoms with van der Waals surface area (Å²) < 4.78 is 38.7. The molecule has 9 heteroatoms. The lowest BCUT2D eigenvalue weighted by Gasteiger charge is -2.19. The number of aromatic hydroxyl groups is 1. The van der Waals surface area contributed by atoms with Gasteiger partial charge in [0.2, 0.25) is 0 Å². The van der Waals surface area contributed by atoms with E-state index in [1.165, 1.54) is 6.07 Å². The van der Waals surface area contributed by atoms with Crippen LogP contribution in [0.15, 0.2) is 36.5 Å². The molecule has 1 aromatic carbocycles. The maximum absolute atomic E-state index is 12.9. The fourth-order valence-electron chi connectivity index (χ4n) is 4.06. The van der Waals surface area contributed by atoms with Gasteiger partial charge in [0.05, 0.1) is 11.7 Å². The first-order chi connectivity index (χ1) is 13.8. The summed E-state index contributed by atoms with van der Waals surface area (Å²) in [5.74, 6) is -0.000803. The van der Waals surface area contributed by atoms with E-state index in [9.17, 15) is 23.4 Å². The predicted octanol–water partition coefficient (Wildman–Crippen LogP) is 3.38. The van der Waals surface area contributed by atoms with Gasteiger partial charge in [0, 0.05) is 35.7 Å². The third kappa shape index (κ3) is 2.88. The van der Waals surface area contributed by atoms with Crippen molar-refractivity contribution in [2.75, 3.05) is 18.0 Å². The average molecular weight is 402 g/mol. The Morgan fingerprint density at radius 3 is 2.59 bits per heavy atom. The number of pyridine rings is 1. The Morgan fingerprint density at radius 2 is 1.93 bits per heavy atom. The molecular formula is C20H17F3N4O2. The molecule has 3 aromatic rings. The fourth-order valence-corrected chi connectivity index (χ4v) is 4.06. The summed E-state index contributed by atoms with van der Waals surface area (Å²) in [6.45, 7) is 1.10. The van der Waals surface area contributed by atoms with Crippen molar-refractivity contribution in [1.82, 2.24) is 15.2 Å². The van der Waals surface area contributed by atoms with Gasteiger partial charge in [-0.25, -0.2) is 0 Å². The molecule has 150 valence electrons. The zero-order chi connectivity index (χ0) is 20.4. The van der Waals surface area contributed by atoms with Crippen LogP contribution in [0.4, 0.5) is 19.0 Å². The minimum atomic E-state index is -4.55. The second-order valence-electron chi connectivity index (χ2n) is 7.76. The van der Waals surface area contributed by atoms with Gasteiger partial charge in [0.15, 0.2) is 5.82 Å². The van der Waals surface area contributed by atoms with E-state index in [0.717, 1.165) is 18.9 Å². The van der Waals surface area contributed by atoms with Crippen molar-refractivity contribution in [2.45, 2.75) is 25.1 Å². The summed E-state index contributed by atoms with van der Waals surface area (Å²) in [5, 5.41) is 29.6. The van der Waals surface area contributed by atoms with Gasteiger partial charge in [0.1, 0.15) is 17.0 Å². The summed E-state index contributed by atoms with van der Waals surface area (Å²) >= 11 is 0. The molecule has 0 unspecified atom stereocenters. The van der Waals surface area contributed by atoms with Gasteiger partial charge in [0.25, 0.3) is 0 Å². The van der Waals surface area contributed by atoms with Crippen LogP contribution in [-0.4, -0.2) is 44.6 Å². The summed E-state index contributed by atoms with van der Waals surface area (Å²) in [7, 11) is 0. The number of aliphatic hydroxyl groups excluding tert-OH is 1. The van der Waals surface area contributed by atoms with E-state index in [2.05, 4.69) is 15.2 Å². The molecule has 6 nitrogen and oxygen atoms in total. The lowest BCUT2D eigenvalue weighted by atomic mass is 10.0. The van der Waals surface area contributed by atoms with Crippen LogP contribution >= 0.6 is 0 Å². The minimum absolute atomic E-state index is 0.0762. The monoisotopic (exact) mass is 402 g/mol. The third-order valence-corrected chi connectivity index (χ3v) is 5.90. The van der Waals surface area contributed by atoms with Crippen LogP contribution in [0.25, 0.3) is 22.2 Å². The maximum atomic E-state index is 12.9. The van der Waals surface area contributed by atoms with Gasteiger partial charge < -0.3 is 15.1 Å². The molecule has 1 saturated carbocycles. The fraction of sp³-hybridized carbons (Fsp3) is 0.350. The molecule has 1 spiro atoms. The SMILES string of the molecule is Oc1cc(C(F)(F)F)ccc1-c1nnc(N2C[C@H](O)C3(CC3)C2)c2ncccc12. The normalized spacial score (nSPS) is 20.6. The average Bonchev–Trinajstić information content (AvgIpc) is 3.39. The number of alkyl halides is 3. The van der Waals surface area contributed by atoms with Crippen LogP contribution in [0.2, 0.25) is 0 Å². The van der Waals surface area contributed by atoms with Gasteiger partial charge in [-0.05, 0) is 43.2 Å². The number of fused-ring (bicyclic) bond motifs is 1. The Bertz CT molecular complexity index is 1110. The third-order valence-electron chi connectivity index (χ3n) is 5.90. The second-order valence-corrected chi connectivity index (χ2v) is 7.76. The predicted molar refractivity (Wildman–Crippen MR) is 99.3 cm³/mol. The van der Waals surface area contributed by atoms with Crippen molar-refractivity contribution < 1.29 is 23.4 Å². The molecular weight excluding hydrogens is 385 g/mol. The number of benzene rings is 1. The van der Waals surface area contributed by atoms with Crippen LogP contribution in [0.5, 0.6) is 5.75 Å². The van der Waals surface area contributed by atoms with E-state index in [4.69, 9.17) is 0 Å². The minimum Gasteiger partial charge on any atom is -0.507 e. The van der Waals surface area contributed by atoms with E-state index in [0.29, 0.717) is 35.9 Å². The van der Waals surface area contributed by atoms with E-state index in [-0.39, 0.29) is 16.7 Å². The molecule has 0 radical (unpaired) electrons. The number of aromatic nitrogens is 3. The number of β-amino-alcohol motifs (C(OH)–C–C–N with tert-alkyl or cyclic N) is 1. The number of phenols is 1. The van der Waals surface area contributed by atoms with Crippen molar-refractivity contribution in [3.8, 4) is 17.0 Å². The topological polar surface area (TPSA) is 82.4 Å². The molecule has 2 fully saturated rings. The molecule has 1 atom stereocenters. The van der Waals surface area contributed by atoms with Crippen LogP contribution < -0.4 is 4.90 Å². The van der Waals surface area contributed by atoms with Crippen molar-refractivity contribution in [1.29, 1.82) is 0 Å². The van der Waals surface area contributed by atoms with Gasteiger partial charge in [-0.15, -0.1) is 10.2 Å². The molecule has 1 aliphatic heterocycles. The lowest BCUT2D eigenvalue weighted by Crippen LogP contribution is -2.23. The van der Waals surface area contributed by atoms with Crippen molar-refractivity contribution >= 4 is 16.7 Å². The summed E-state index contributed by atoms with van der Waals surface area (Å²) in [5.41, 5.74) is -0.0833. The van der Waals surface area contributed by atoms with Gasteiger partial charge in [-0.3, -0.25) is 4.98 Å². The first-order valence-corrected chi connectivity index (χ1v) is 9.23. The molecule has 0 bridgehead atoms. The molecule has 29 heavy (non-hydrogen) atoms. The number of hydrogen-bond donors (Lipinski definition) is 2. The maximum Gasteiger partial charge on any atom is 0.416 e. The number of nitrogens with zero attached hydrogens (tertiary/aromatic N) is 4. The molecule has 0 amide bonds. The Balaban J connectivity index is 1.61. The highest BCUT2D eigenvalue weighted by Crippen LogP contribution is 2.53. The number of phenolic OH excluding ortho intramolecular Hbond substituents is 1. The quantitative estimate of drug-likeness (QED) is 0.684. The van der Waals surface area contributed by atoms with Crippen molar-refractivity contribution in [2.24, 2.45) is 5.41 Å². The highest BCUT2D eigenvalue weighted by Gasteiger charge is 2.55. The first-order valence-electron chi connectivity index (χ1n) is 9.23. The Labute approximate surface area is 163 Å². The highest BCUT2D eigenvalue weighted by molar-refractivity contribution is 5.98. The van der Waals surface area contributed by atoms with E-state index in [1.54, 1.807) is 18.3 Å².